The number of ether oxygens (including phenoxy) is 1. The van der Waals surface area contributed by atoms with Crippen LogP contribution in [0.1, 0.15) is 31.2 Å². The molecule has 0 fully saturated rings. The highest BCUT2D eigenvalue weighted by atomic mass is 32.1. The lowest BCUT2D eigenvalue weighted by Gasteiger charge is -2.30. The first-order valence-electron chi connectivity index (χ1n) is 9.06. The Bertz CT molecular complexity index is 1010. The van der Waals surface area contributed by atoms with E-state index >= 15 is 0 Å². The lowest BCUT2D eigenvalue weighted by atomic mass is 10.0. The summed E-state index contributed by atoms with van der Waals surface area (Å²) in [6, 6.07) is 3.90. The van der Waals surface area contributed by atoms with E-state index in [0.29, 0.717) is 13.1 Å². The molecule has 0 saturated carbocycles. The number of thiophene rings is 1. The predicted molar refractivity (Wildman–Crippen MR) is 113 cm³/mol. The Hall–Kier alpha value is -2.45. The third kappa shape index (κ3) is 3.74. The van der Waals surface area contributed by atoms with Crippen LogP contribution < -0.4 is 5.73 Å². The maximum absolute atomic E-state index is 12.4. The zero-order valence-corrected chi connectivity index (χ0v) is 17.7. The molecule has 8 heteroatoms. The molecular formula is C20H22N4O2S2. The summed E-state index contributed by atoms with van der Waals surface area (Å²) in [6.45, 7) is 6.78. The first-order chi connectivity index (χ1) is 13.3. The standard InChI is InChI=1S/C20H22N4O2S2/c1-20(2,3)26-19(25)24-8-6-13-15(10-24)28-17(21)16(13)18-23-14(11-27-18)12-5-4-7-22-9-12/h4-5,7,9,11H,6,8,10,21H2,1-3H3. The Morgan fingerprint density at radius 1 is 1.36 bits per heavy atom. The number of nitrogens with two attached hydrogens (primary N) is 1. The molecule has 146 valence electrons. The van der Waals surface area contributed by atoms with Crippen molar-refractivity contribution >= 4 is 33.8 Å². The molecule has 0 aromatic carbocycles. The van der Waals surface area contributed by atoms with Gasteiger partial charge in [0.25, 0.3) is 0 Å². The van der Waals surface area contributed by atoms with Gasteiger partial charge in [0, 0.05) is 40.3 Å². The third-order valence-electron chi connectivity index (χ3n) is 4.41. The van der Waals surface area contributed by atoms with Crippen LogP contribution in [0.25, 0.3) is 21.8 Å². The number of nitrogens with zero attached hydrogens (tertiary/aromatic N) is 3. The molecule has 1 amide bonds. The Morgan fingerprint density at radius 3 is 2.89 bits per heavy atom. The van der Waals surface area contributed by atoms with Crippen molar-refractivity contribution < 1.29 is 9.53 Å². The smallest absolute Gasteiger partial charge is 0.410 e. The highest BCUT2D eigenvalue weighted by Gasteiger charge is 2.30. The van der Waals surface area contributed by atoms with E-state index in [0.717, 1.165) is 38.1 Å². The first kappa shape index (κ1) is 18.9. The lowest BCUT2D eigenvalue weighted by Crippen LogP contribution is -2.39. The second-order valence-corrected chi connectivity index (χ2v) is 9.67. The van der Waals surface area contributed by atoms with E-state index in [1.54, 1.807) is 22.4 Å². The van der Waals surface area contributed by atoms with Crippen LogP contribution in [0.2, 0.25) is 0 Å². The number of hydrogen-bond donors (Lipinski definition) is 1. The van der Waals surface area contributed by atoms with Crippen LogP contribution in [0, 0.1) is 0 Å². The molecule has 2 N–H and O–H groups in total. The molecule has 4 heterocycles. The van der Waals surface area contributed by atoms with Gasteiger partial charge in [-0.25, -0.2) is 9.78 Å². The number of anilines is 1. The van der Waals surface area contributed by atoms with Crippen LogP contribution in [-0.2, 0) is 17.7 Å². The van der Waals surface area contributed by atoms with E-state index in [1.807, 2.05) is 44.5 Å². The van der Waals surface area contributed by atoms with Gasteiger partial charge in [0.05, 0.1) is 17.2 Å². The van der Waals surface area contributed by atoms with Gasteiger partial charge in [0.15, 0.2) is 0 Å². The largest absolute Gasteiger partial charge is 0.444 e. The summed E-state index contributed by atoms with van der Waals surface area (Å²) in [6.07, 6.45) is 4.03. The van der Waals surface area contributed by atoms with E-state index in [1.165, 1.54) is 16.9 Å². The molecule has 0 bridgehead atoms. The SMILES string of the molecule is CC(C)(C)OC(=O)N1CCc2c(sc(N)c2-c2nc(-c3cccnc3)cs2)C1. The molecule has 0 saturated heterocycles. The van der Waals surface area contributed by atoms with Gasteiger partial charge in [-0.3, -0.25) is 4.98 Å². The van der Waals surface area contributed by atoms with Gasteiger partial charge < -0.3 is 15.4 Å². The van der Waals surface area contributed by atoms with Crippen molar-refractivity contribution in [2.75, 3.05) is 12.3 Å². The summed E-state index contributed by atoms with van der Waals surface area (Å²) in [5.74, 6) is 0. The van der Waals surface area contributed by atoms with Crippen LogP contribution in [0.15, 0.2) is 29.9 Å². The topological polar surface area (TPSA) is 81.3 Å². The summed E-state index contributed by atoms with van der Waals surface area (Å²) in [4.78, 5) is 24.2. The molecule has 0 radical (unpaired) electrons. The second kappa shape index (κ2) is 7.18. The quantitative estimate of drug-likeness (QED) is 0.651. The highest BCUT2D eigenvalue weighted by Crippen LogP contribution is 2.43. The Kier molecular flexibility index (Phi) is 4.84. The van der Waals surface area contributed by atoms with Crippen molar-refractivity contribution in [2.24, 2.45) is 0 Å². The highest BCUT2D eigenvalue weighted by molar-refractivity contribution is 7.18. The zero-order valence-electron chi connectivity index (χ0n) is 16.1. The molecule has 1 aliphatic rings. The van der Waals surface area contributed by atoms with Crippen molar-refractivity contribution in [2.45, 2.75) is 39.3 Å². The van der Waals surface area contributed by atoms with E-state index in [4.69, 9.17) is 15.5 Å². The van der Waals surface area contributed by atoms with Crippen LogP contribution in [0.4, 0.5) is 9.80 Å². The molecule has 3 aromatic rings. The molecule has 6 nitrogen and oxygen atoms in total. The lowest BCUT2D eigenvalue weighted by molar-refractivity contribution is 0.0227. The number of amides is 1. The summed E-state index contributed by atoms with van der Waals surface area (Å²) in [7, 11) is 0. The van der Waals surface area contributed by atoms with Crippen molar-refractivity contribution in [1.82, 2.24) is 14.9 Å². The minimum atomic E-state index is -0.499. The van der Waals surface area contributed by atoms with Crippen molar-refractivity contribution in [3.05, 3.63) is 40.3 Å². The molecule has 0 unspecified atom stereocenters. The summed E-state index contributed by atoms with van der Waals surface area (Å²) < 4.78 is 5.51. The fourth-order valence-electron chi connectivity index (χ4n) is 3.18. The monoisotopic (exact) mass is 414 g/mol. The molecule has 1 aliphatic heterocycles. The zero-order chi connectivity index (χ0) is 19.9. The number of carbonyl (C=O) groups excluding carboxylic acids is 1. The van der Waals surface area contributed by atoms with Gasteiger partial charge in [-0.15, -0.1) is 22.7 Å². The minimum Gasteiger partial charge on any atom is -0.444 e. The fourth-order valence-corrected chi connectivity index (χ4v) is 5.29. The van der Waals surface area contributed by atoms with Gasteiger partial charge in [0.2, 0.25) is 0 Å². The first-order valence-corrected chi connectivity index (χ1v) is 10.8. The van der Waals surface area contributed by atoms with E-state index < -0.39 is 5.60 Å². The summed E-state index contributed by atoms with van der Waals surface area (Å²) in [5, 5.41) is 3.70. The molecule has 0 atom stereocenters. The van der Waals surface area contributed by atoms with Crippen molar-refractivity contribution in [3.8, 4) is 21.8 Å². The number of hydrogen-bond acceptors (Lipinski definition) is 7. The Morgan fingerprint density at radius 2 is 2.18 bits per heavy atom. The second-order valence-electron chi connectivity index (χ2n) is 7.67. The maximum Gasteiger partial charge on any atom is 0.410 e. The summed E-state index contributed by atoms with van der Waals surface area (Å²) in [5.41, 5.74) is 9.97. The van der Waals surface area contributed by atoms with Crippen LogP contribution >= 0.6 is 22.7 Å². The van der Waals surface area contributed by atoms with Crippen LogP contribution in [-0.4, -0.2) is 33.1 Å². The van der Waals surface area contributed by atoms with Gasteiger partial charge in [-0.05, 0) is 44.9 Å². The van der Waals surface area contributed by atoms with E-state index in [2.05, 4.69) is 4.98 Å². The number of aromatic nitrogens is 2. The van der Waals surface area contributed by atoms with Crippen molar-refractivity contribution in [3.63, 3.8) is 0 Å². The van der Waals surface area contributed by atoms with Gasteiger partial charge in [0.1, 0.15) is 10.6 Å². The predicted octanol–water partition coefficient (Wildman–Crippen LogP) is 4.81. The van der Waals surface area contributed by atoms with E-state index in [-0.39, 0.29) is 6.09 Å². The molecule has 0 spiro atoms. The number of nitrogen functional groups attached to an aromatic ring is 1. The molecule has 28 heavy (non-hydrogen) atoms. The average Bonchev–Trinajstić information content (AvgIpc) is 3.23. The van der Waals surface area contributed by atoms with Crippen LogP contribution in [0.5, 0.6) is 0 Å². The number of fused-ring (bicyclic) bond motifs is 1. The Balaban J connectivity index is 1.60. The van der Waals surface area contributed by atoms with Gasteiger partial charge >= 0.3 is 6.09 Å². The Labute approximate surface area is 172 Å². The number of rotatable bonds is 2. The molecule has 3 aromatic heterocycles. The van der Waals surface area contributed by atoms with E-state index in [9.17, 15) is 4.79 Å². The molecular weight excluding hydrogens is 392 g/mol. The average molecular weight is 415 g/mol. The minimum absolute atomic E-state index is 0.278. The fraction of sp³-hybridized carbons (Fsp3) is 0.350. The maximum atomic E-state index is 12.4. The third-order valence-corrected chi connectivity index (χ3v) is 6.32. The summed E-state index contributed by atoms with van der Waals surface area (Å²) >= 11 is 3.13. The number of thiazole rings is 1. The van der Waals surface area contributed by atoms with Gasteiger partial charge in [-0.1, -0.05) is 0 Å². The number of carbonyl (C=O) groups is 1. The molecule has 4 rings (SSSR count). The van der Waals surface area contributed by atoms with Crippen LogP contribution in [0.3, 0.4) is 0 Å². The van der Waals surface area contributed by atoms with Crippen molar-refractivity contribution in [1.29, 1.82) is 0 Å². The van der Waals surface area contributed by atoms with Gasteiger partial charge in [-0.2, -0.15) is 0 Å². The molecule has 0 aliphatic carbocycles. The normalized spacial score (nSPS) is 14.0. The number of pyridine rings is 1.